The standard InChI is InChI=1S/C8H15N5S/c1-3-6-4-11-7(14-6)5-12-8(10-2)13-9/h4H,3,5,9H2,1-2H3,(H2,10,12,13). The predicted octanol–water partition coefficient (Wildman–Crippen LogP) is 0.244. The highest BCUT2D eigenvalue weighted by atomic mass is 32.1. The van der Waals surface area contributed by atoms with Gasteiger partial charge in [-0.3, -0.25) is 10.4 Å². The van der Waals surface area contributed by atoms with Gasteiger partial charge < -0.3 is 5.32 Å². The van der Waals surface area contributed by atoms with Gasteiger partial charge in [0.25, 0.3) is 0 Å². The van der Waals surface area contributed by atoms with Crippen LogP contribution in [0.3, 0.4) is 0 Å². The molecule has 5 nitrogen and oxygen atoms in total. The van der Waals surface area contributed by atoms with E-state index in [0.29, 0.717) is 12.5 Å². The minimum Gasteiger partial charge on any atom is -0.349 e. The Kier molecular flexibility index (Phi) is 4.34. The molecule has 0 unspecified atom stereocenters. The molecular formula is C8H15N5S. The zero-order valence-corrected chi connectivity index (χ0v) is 9.19. The van der Waals surface area contributed by atoms with Gasteiger partial charge in [0.15, 0.2) is 0 Å². The van der Waals surface area contributed by atoms with Crippen LogP contribution in [0.25, 0.3) is 0 Å². The second-order valence-electron chi connectivity index (χ2n) is 2.64. The molecule has 0 saturated heterocycles. The average molecular weight is 213 g/mol. The van der Waals surface area contributed by atoms with E-state index in [4.69, 9.17) is 5.84 Å². The minimum absolute atomic E-state index is 0.568. The number of aliphatic imine (C=N–C) groups is 1. The van der Waals surface area contributed by atoms with Gasteiger partial charge in [0.1, 0.15) is 5.01 Å². The van der Waals surface area contributed by atoms with Crippen molar-refractivity contribution in [1.29, 1.82) is 0 Å². The van der Waals surface area contributed by atoms with Crippen molar-refractivity contribution in [3.63, 3.8) is 0 Å². The third-order valence-electron chi connectivity index (χ3n) is 1.72. The molecule has 1 aromatic heterocycles. The molecular weight excluding hydrogens is 198 g/mol. The van der Waals surface area contributed by atoms with Crippen LogP contribution in [0, 0.1) is 0 Å². The first-order valence-electron chi connectivity index (χ1n) is 4.41. The molecule has 0 spiro atoms. The molecule has 78 valence electrons. The molecule has 0 aromatic carbocycles. The molecule has 0 amide bonds. The number of nitrogens with zero attached hydrogens (tertiary/aromatic N) is 2. The maximum Gasteiger partial charge on any atom is 0.205 e. The van der Waals surface area contributed by atoms with E-state index in [0.717, 1.165) is 11.4 Å². The maximum absolute atomic E-state index is 5.22. The summed E-state index contributed by atoms with van der Waals surface area (Å²) in [5, 5.41) is 4.07. The highest BCUT2D eigenvalue weighted by Gasteiger charge is 2.00. The number of hydrazine groups is 1. The second kappa shape index (κ2) is 5.56. The molecule has 0 bridgehead atoms. The fraction of sp³-hybridized carbons (Fsp3) is 0.500. The van der Waals surface area contributed by atoms with Crippen LogP contribution in [0.1, 0.15) is 16.8 Å². The summed E-state index contributed by atoms with van der Waals surface area (Å²) < 4.78 is 0. The Labute approximate surface area is 87.4 Å². The normalized spacial score (nSPS) is 11.5. The third-order valence-corrected chi connectivity index (χ3v) is 2.86. The number of nitrogens with two attached hydrogens (primary N) is 1. The van der Waals surface area contributed by atoms with Crippen LogP contribution in [-0.2, 0) is 13.0 Å². The first kappa shape index (κ1) is 10.9. The van der Waals surface area contributed by atoms with E-state index in [1.807, 2.05) is 6.20 Å². The number of rotatable bonds is 3. The van der Waals surface area contributed by atoms with Crippen molar-refractivity contribution < 1.29 is 0 Å². The smallest absolute Gasteiger partial charge is 0.205 e. The third kappa shape index (κ3) is 2.97. The van der Waals surface area contributed by atoms with Gasteiger partial charge in [0.05, 0.1) is 6.54 Å². The van der Waals surface area contributed by atoms with Gasteiger partial charge in [-0.25, -0.2) is 10.8 Å². The molecule has 0 aliphatic rings. The maximum atomic E-state index is 5.22. The molecule has 14 heavy (non-hydrogen) atoms. The van der Waals surface area contributed by atoms with Crippen LogP contribution in [0.2, 0.25) is 0 Å². The number of thiazole rings is 1. The zero-order chi connectivity index (χ0) is 10.4. The number of nitrogens with one attached hydrogen (secondary N) is 2. The largest absolute Gasteiger partial charge is 0.349 e. The lowest BCUT2D eigenvalue weighted by Crippen LogP contribution is -2.40. The van der Waals surface area contributed by atoms with Gasteiger partial charge in [0, 0.05) is 18.1 Å². The second-order valence-corrected chi connectivity index (χ2v) is 3.84. The van der Waals surface area contributed by atoms with E-state index in [1.54, 1.807) is 18.4 Å². The molecule has 1 heterocycles. The molecule has 6 heteroatoms. The highest BCUT2D eigenvalue weighted by Crippen LogP contribution is 2.12. The number of aryl methyl sites for hydroxylation is 1. The molecule has 0 aliphatic carbocycles. The van der Waals surface area contributed by atoms with Gasteiger partial charge in [0.2, 0.25) is 5.96 Å². The van der Waals surface area contributed by atoms with E-state index >= 15 is 0 Å². The Bertz CT molecular complexity index is 306. The van der Waals surface area contributed by atoms with Gasteiger partial charge in [-0.1, -0.05) is 6.92 Å². The van der Waals surface area contributed by atoms with Crippen LogP contribution in [0.5, 0.6) is 0 Å². The number of hydrogen-bond acceptors (Lipinski definition) is 4. The summed E-state index contributed by atoms with van der Waals surface area (Å²) in [5.74, 6) is 5.79. The molecule has 0 saturated carbocycles. The van der Waals surface area contributed by atoms with Crippen LogP contribution in [0.4, 0.5) is 0 Å². The SMILES string of the molecule is CCc1cnc(CNC(=NC)NN)s1. The Morgan fingerprint density at radius 2 is 2.50 bits per heavy atom. The number of hydrogen-bond donors (Lipinski definition) is 3. The fourth-order valence-corrected chi connectivity index (χ4v) is 1.75. The average Bonchev–Trinajstić information content (AvgIpc) is 2.67. The van der Waals surface area contributed by atoms with Crippen molar-refractivity contribution in [2.24, 2.45) is 10.8 Å². The Hall–Kier alpha value is -1.14. The van der Waals surface area contributed by atoms with Gasteiger partial charge in [-0.15, -0.1) is 11.3 Å². The minimum atomic E-state index is 0.568. The molecule has 0 fully saturated rings. The van der Waals surface area contributed by atoms with Crippen molar-refractivity contribution in [3.8, 4) is 0 Å². The summed E-state index contributed by atoms with van der Waals surface area (Å²) in [6.07, 6.45) is 2.93. The summed E-state index contributed by atoms with van der Waals surface area (Å²) >= 11 is 1.70. The highest BCUT2D eigenvalue weighted by molar-refractivity contribution is 7.11. The number of guanidine groups is 1. The predicted molar refractivity (Wildman–Crippen MR) is 59.0 cm³/mol. The Morgan fingerprint density at radius 3 is 3.00 bits per heavy atom. The molecule has 1 rings (SSSR count). The number of aromatic nitrogens is 1. The van der Waals surface area contributed by atoms with E-state index in [1.165, 1.54) is 4.88 Å². The van der Waals surface area contributed by atoms with Crippen LogP contribution in [-0.4, -0.2) is 18.0 Å². The van der Waals surface area contributed by atoms with Crippen LogP contribution >= 0.6 is 11.3 Å². The van der Waals surface area contributed by atoms with E-state index in [2.05, 4.69) is 27.6 Å². The van der Waals surface area contributed by atoms with Gasteiger partial charge >= 0.3 is 0 Å². The van der Waals surface area contributed by atoms with E-state index in [-0.39, 0.29) is 0 Å². The Balaban J connectivity index is 2.45. The van der Waals surface area contributed by atoms with Crippen molar-refractivity contribution >= 4 is 17.3 Å². The summed E-state index contributed by atoms with van der Waals surface area (Å²) in [6.45, 7) is 2.77. The monoisotopic (exact) mass is 213 g/mol. The van der Waals surface area contributed by atoms with Gasteiger partial charge in [-0.05, 0) is 6.42 Å². The topological polar surface area (TPSA) is 75.3 Å². The lowest BCUT2D eigenvalue weighted by Gasteiger charge is -2.05. The van der Waals surface area contributed by atoms with Crippen molar-refractivity contribution in [2.45, 2.75) is 19.9 Å². The van der Waals surface area contributed by atoms with Crippen LogP contribution in [0.15, 0.2) is 11.2 Å². The summed E-state index contributed by atoms with van der Waals surface area (Å²) in [5.41, 5.74) is 2.46. The fourth-order valence-electron chi connectivity index (χ4n) is 0.947. The molecule has 0 aliphatic heterocycles. The van der Waals surface area contributed by atoms with Crippen LogP contribution < -0.4 is 16.6 Å². The first-order chi connectivity index (χ1) is 6.80. The molecule has 1 aromatic rings. The zero-order valence-electron chi connectivity index (χ0n) is 8.37. The molecule has 0 atom stereocenters. The molecule has 4 N–H and O–H groups in total. The van der Waals surface area contributed by atoms with E-state index < -0.39 is 0 Å². The van der Waals surface area contributed by atoms with Crippen molar-refractivity contribution in [2.75, 3.05) is 7.05 Å². The molecule has 0 radical (unpaired) electrons. The van der Waals surface area contributed by atoms with Crippen molar-refractivity contribution in [3.05, 3.63) is 16.1 Å². The van der Waals surface area contributed by atoms with Gasteiger partial charge in [-0.2, -0.15) is 0 Å². The summed E-state index contributed by atoms with van der Waals surface area (Å²) in [4.78, 5) is 9.44. The summed E-state index contributed by atoms with van der Waals surface area (Å²) in [6, 6.07) is 0. The van der Waals surface area contributed by atoms with Crippen molar-refractivity contribution in [1.82, 2.24) is 15.7 Å². The Morgan fingerprint density at radius 1 is 1.71 bits per heavy atom. The first-order valence-corrected chi connectivity index (χ1v) is 5.22. The lowest BCUT2D eigenvalue weighted by molar-refractivity contribution is 0.834. The quantitative estimate of drug-likeness (QED) is 0.291. The van der Waals surface area contributed by atoms with E-state index in [9.17, 15) is 0 Å². The summed E-state index contributed by atoms with van der Waals surface area (Å²) in [7, 11) is 1.67. The lowest BCUT2D eigenvalue weighted by atomic mass is 10.4.